The second-order valence-electron chi connectivity index (χ2n) is 8.09. The summed E-state index contributed by atoms with van der Waals surface area (Å²) < 4.78 is 6.55. The minimum Gasteiger partial charge on any atom is -0.384 e. The molecule has 1 fully saturated rings. The molecular weight excluding hydrogens is 440 g/mol. The highest BCUT2D eigenvalue weighted by Crippen LogP contribution is 2.19. The molecule has 3 rings (SSSR count). The van der Waals surface area contributed by atoms with E-state index in [9.17, 15) is 19.2 Å². The van der Waals surface area contributed by atoms with Gasteiger partial charge in [-0.2, -0.15) is 0 Å². The Bertz CT molecular complexity index is 1120. The Morgan fingerprint density at radius 3 is 2.41 bits per heavy atom. The Balaban J connectivity index is 1.62. The van der Waals surface area contributed by atoms with Gasteiger partial charge in [0.1, 0.15) is 11.4 Å². The van der Waals surface area contributed by atoms with Crippen LogP contribution in [0, 0.1) is 0 Å². The van der Waals surface area contributed by atoms with Crippen LogP contribution < -0.4 is 27.2 Å². The minimum atomic E-state index is -0.819. The van der Waals surface area contributed by atoms with Gasteiger partial charge in [0.05, 0.1) is 26.3 Å². The van der Waals surface area contributed by atoms with E-state index in [1.807, 2.05) is 38.1 Å². The summed E-state index contributed by atoms with van der Waals surface area (Å²) in [5, 5.41) is 2.83. The van der Waals surface area contributed by atoms with Crippen LogP contribution in [-0.4, -0.2) is 72.1 Å². The van der Waals surface area contributed by atoms with Gasteiger partial charge in [-0.15, -0.1) is 0 Å². The Labute approximate surface area is 197 Å². The number of H-pyrrole nitrogens is 1. The number of amides is 1. The molecule has 2 heterocycles. The summed E-state index contributed by atoms with van der Waals surface area (Å²) in [5.41, 5.74) is 5.96. The third kappa shape index (κ3) is 6.12. The van der Waals surface area contributed by atoms with E-state index >= 15 is 0 Å². The maximum atomic E-state index is 12.8. The number of nitrogens with zero attached hydrogens (tertiary/aromatic N) is 3. The summed E-state index contributed by atoms with van der Waals surface area (Å²) in [6.45, 7) is 7.17. The van der Waals surface area contributed by atoms with Crippen LogP contribution in [0.25, 0.3) is 0 Å². The fraction of sp³-hybridized carbons (Fsp3) is 0.478. The van der Waals surface area contributed by atoms with Crippen LogP contribution in [-0.2, 0) is 16.1 Å². The fourth-order valence-corrected chi connectivity index (χ4v) is 3.85. The number of nitrogen functional groups attached to an aromatic ring is 1. The summed E-state index contributed by atoms with van der Waals surface area (Å²) in [5.74, 6) is -0.985. The zero-order valence-electron chi connectivity index (χ0n) is 19.6. The highest BCUT2D eigenvalue weighted by molar-refractivity contribution is 6.01. The SMILES string of the molecule is CCCn1c(N)c(C(=O)CN(CC)CC(=O)Nc2ccc(N3CCOCC3)cc2)c(=O)[nH]c1=O. The molecule has 1 aliphatic heterocycles. The Morgan fingerprint density at radius 1 is 1.12 bits per heavy atom. The molecule has 2 aromatic rings. The highest BCUT2D eigenvalue weighted by Gasteiger charge is 2.22. The average Bonchev–Trinajstić information content (AvgIpc) is 2.82. The van der Waals surface area contributed by atoms with E-state index < -0.39 is 17.0 Å². The standard InChI is InChI=1S/C23H32N6O5/c1-3-9-29-21(24)20(22(32)26-23(29)33)18(30)14-27(4-2)15-19(31)25-16-5-7-17(8-6-16)28-10-12-34-13-11-28/h5-8H,3-4,9-15,24H2,1-2H3,(H,25,31)(H,26,32,33). The molecule has 4 N–H and O–H groups in total. The first-order valence-electron chi connectivity index (χ1n) is 11.4. The number of ketones is 1. The van der Waals surface area contributed by atoms with Crippen molar-refractivity contribution in [3.05, 3.63) is 50.7 Å². The molecule has 11 heteroatoms. The van der Waals surface area contributed by atoms with Gasteiger partial charge in [-0.1, -0.05) is 13.8 Å². The molecule has 1 saturated heterocycles. The van der Waals surface area contributed by atoms with Crippen molar-refractivity contribution in [3.63, 3.8) is 0 Å². The lowest BCUT2D eigenvalue weighted by molar-refractivity contribution is -0.117. The molecule has 34 heavy (non-hydrogen) atoms. The number of benzene rings is 1. The third-order valence-electron chi connectivity index (χ3n) is 5.67. The van der Waals surface area contributed by atoms with Gasteiger partial charge < -0.3 is 20.7 Å². The van der Waals surface area contributed by atoms with E-state index in [2.05, 4.69) is 15.2 Å². The van der Waals surface area contributed by atoms with Crippen molar-refractivity contribution in [2.45, 2.75) is 26.8 Å². The number of Topliss-reactive ketones (excluding diaryl/α,β-unsaturated/α-hetero) is 1. The summed E-state index contributed by atoms with van der Waals surface area (Å²) >= 11 is 0. The molecule has 1 aromatic carbocycles. The number of morpholine rings is 1. The molecule has 1 aliphatic rings. The molecule has 0 atom stereocenters. The van der Waals surface area contributed by atoms with Gasteiger partial charge in [-0.3, -0.25) is 28.8 Å². The third-order valence-corrected chi connectivity index (χ3v) is 5.67. The molecule has 0 unspecified atom stereocenters. The molecule has 0 aliphatic carbocycles. The van der Waals surface area contributed by atoms with Gasteiger partial charge in [0.15, 0.2) is 5.78 Å². The van der Waals surface area contributed by atoms with E-state index in [4.69, 9.17) is 10.5 Å². The predicted molar refractivity (Wildman–Crippen MR) is 131 cm³/mol. The van der Waals surface area contributed by atoms with Crippen LogP contribution in [0.5, 0.6) is 0 Å². The number of aromatic amines is 1. The minimum absolute atomic E-state index is 0.0418. The lowest BCUT2D eigenvalue weighted by Crippen LogP contribution is -2.41. The maximum absolute atomic E-state index is 12.8. The average molecular weight is 473 g/mol. The summed E-state index contributed by atoms with van der Waals surface area (Å²) in [6.07, 6.45) is 0.610. The zero-order valence-corrected chi connectivity index (χ0v) is 19.6. The first-order chi connectivity index (χ1) is 16.3. The van der Waals surface area contributed by atoms with Crippen LogP contribution in [0.2, 0.25) is 0 Å². The number of carbonyl (C=O) groups is 2. The van der Waals surface area contributed by atoms with E-state index in [-0.39, 0.29) is 36.9 Å². The Hall–Kier alpha value is -3.44. The lowest BCUT2D eigenvalue weighted by Gasteiger charge is -2.29. The van der Waals surface area contributed by atoms with Gasteiger partial charge in [-0.05, 0) is 37.2 Å². The number of rotatable bonds is 10. The number of anilines is 3. The van der Waals surface area contributed by atoms with Crippen LogP contribution in [0.15, 0.2) is 33.9 Å². The monoisotopic (exact) mass is 472 g/mol. The fourth-order valence-electron chi connectivity index (χ4n) is 3.85. The molecule has 1 aromatic heterocycles. The van der Waals surface area contributed by atoms with Crippen LogP contribution in [0.4, 0.5) is 17.2 Å². The van der Waals surface area contributed by atoms with Gasteiger partial charge in [0.25, 0.3) is 5.56 Å². The van der Waals surface area contributed by atoms with Gasteiger partial charge in [0.2, 0.25) is 5.91 Å². The largest absolute Gasteiger partial charge is 0.384 e. The Morgan fingerprint density at radius 2 is 1.79 bits per heavy atom. The summed E-state index contributed by atoms with van der Waals surface area (Å²) in [7, 11) is 0. The highest BCUT2D eigenvalue weighted by atomic mass is 16.5. The van der Waals surface area contributed by atoms with Crippen LogP contribution in [0.3, 0.4) is 0 Å². The quantitative estimate of drug-likeness (QED) is 0.425. The van der Waals surface area contributed by atoms with Crippen LogP contribution in [0.1, 0.15) is 30.6 Å². The van der Waals surface area contributed by atoms with E-state index in [1.165, 1.54) is 4.57 Å². The van der Waals surface area contributed by atoms with Crippen molar-refractivity contribution in [1.82, 2.24) is 14.5 Å². The molecule has 11 nitrogen and oxygen atoms in total. The molecule has 0 bridgehead atoms. The number of likely N-dealkylation sites (N-methyl/N-ethyl adjacent to an activating group) is 1. The first-order valence-corrected chi connectivity index (χ1v) is 11.4. The molecular formula is C23H32N6O5. The normalized spacial score (nSPS) is 13.8. The van der Waals surface area contributed by atoms with Crippen LogP contribution >= 0.6 is 0 Å². The van der Waals surface area contributed by atoms with Crippen molar-refractivity contribution in [2.75, 3.05) is 61.9 Å². The van der Waals surface area contributed by atoms with Crippen molar-refractivity contribution in [1.29, 1.82) is 0 Å². The molecule has 184 valence electrons. The number of aromatic nitrogens is 2. The molecule has 0 spiro atoms. The second-order valence-corrected chi connectivity index (χ2v) is 8.09. The number of hydrogen-bond donors (Lipinski definition) is 3. The topological polar surface area (TPSA) is 143 Å². The smallest absolute Gasteiger partial charge is 0.329 e. The predicted octanol–water partition coefficient (Wildman–Crippen LogP) is 0.509. The summed E-state index contributed by atoms with van der Waals surface area (Å²) in [6, 6.07) is 7.56. The van der Waals surface area contributed by atoms with Crippen molar-refractivity contribution >= 4 is 28.9 Å². The molecule has 0 radical (unpaired) electrons. The molecule has 0 saturated carbocycles. The summed E-state index contributed by atoms with van der Waals surface area (Å²) in [4.78, 5) is 55.6. The van der Waals surface area contributed by atoms with E-state index in [0.29, 0.717) is 31.9 Å². The number of nitrogens with one attached hydrogen (secondary N) is 2. The van der Waals surface area contributed by atoms with Gasteiger partial charge in [0, 0.05) is 31.0 Å². The number of ether oxygens (including phenoxy) is 1. The van der Waals surface area contributed by atoms with E-state index in [1.54, 1.807) is 4.90 Å². The second kappa shape index (κ2) is 11.6. The lowest BCUT2D eigenvalue weighted by atomic mass is 10.1. The molecule has 1 amide bonds. The Kier molecular flexibility index (Phi) is 8.61. The van der Waals surface area contributed by atoms with Gasteiger partial charge in [-0.25, -0.2) is 4.79 Å². The first kappa shape index (κ1) is 25.2. The maximum Gasteiger partial charge on any atom is 0.329 e. The van der Waals surface area contributed by atoms with E-state index in [0.717, 1.165) is 18.8 Å². The number of hydrogen-bond acceptors (Lipinski definition) is 8. The zero-order chi connectivity index (χ0) is 24.7. The number of nitrogens with two attached hydrogens (primary N) is 1. The van der Waals surface area contributed by atoms with Gasteiger partial charge >= 0.3 is 5.69 Å². The number of carbonyl (C=O) groups excluding carboxylic acids is 2. The van der Waals surface area contributed by atoms with Crippen molar-refractivity contribution in [2.24, 2.45) is 0 Å². The van der Waals surface area contributed by atoms with Crippen molar-refractivity contribution < 1.29 is 14.3 Å². The van der Waals surface area contributed by atoms with Crippen molar-refractivity contribution in [3.8, 4) is 0 Å².